The number of hydrazone groups is 1. The third kappa shape index (κ3) is 6.12. The van der Waals surface area contributed by atoms with Gasteiger partial charge in [-0.3, -0.25) is 4.79 Å². The predicted molar refractivity (Wildman–Crippen MR) is 124 cm³/mol. The number of carboxylic acids is 1. The Hall–Kier alpha value is -3.89. The zero-order valence-electron chi connectivity index (χ0n) is 18.2. The molecule has 10 heteroatoms. The molecule has 0 aromatic heterocycles. The fraction of sp³-hybridized carbons (Fsp3) is 0.125. The van der Waals surface area contributed by atoms with Crippen molar-refractivity contribution in [2.75, 3.05) is 6.54 Å². The Balaban J connectivity index is 1.82. The van der Waals surface area contributed by atoms with E-state index in [1.165, 1.54) is 42.5 Å². The Morgan fingerprint density at radius 2 is 1.68 bits per heavy atom. The summed E-state index contributed by atoms with van der Waals surface area (Å²) in [6.07, 6.45) is 1.15. The van der Waals surface area contributed by atoms with Crippen molar-refractivity contribution in [3.63, 3.8) is 0 Å². The van der Waals surface area contributed by atoms with E-state index in [0.29, 0.717) is 0 Å². The van der Waals surface area contributed by atoms with E-state index < -0.39 is 34.3 Å². The van der Waals surface area contributed by atoms with Crippen LogP contribution >= 0.6 is 0 Å². The minimum atomic E-state index is -4.15. The van der Waals surface area contributed by atoms with E-state index in [0.717, 1.165) is 16.1 Å². The molecule has 0 spiro atoms. The van der Waals surface area contributed by atoms with Gasteiger partial charge in [0.05, 0.1) is 23.2 Å². The lowest BCUT2D eigenvalue weighted by atomic mass is 10.1. The number of hydrogen-bond donors (Lipinski definition) is 2. The molecule has 0 heterocycles. The van der Waals surface area contributed by atoms with E-state index in [4.69, 9.17) is 0 Å². The Morgan fingerprint density at radius 3 is 2.35 bits per heavy atom. The fourth-order valence-corrected chi connectivity index (χ4v) is 4.45. The number of hydrogen-bond acceptors (Lipinski definition) is 5. The van der Waals surface area contributed by atoms with Gasteiger partial charge < -0.3 is 5.11 Å². The number of aromatic carboxylic acids is 1. The van der Waals surface area contributed by atoms with Crippen LogP contribution in [0.15, 0.2) is 82.8 Å². The number of halogens is 1. The third-order valence-corrected chi connectivity index (χ3v) is 6.67. The number of aryl methyl sites for hydroxylation is 1. The van der Waals surface area contributed by atoms with Crippen LogP contribution in [-0.4, -0.2) is 42.5 Å². The van der Waals surface area contributed by atoms with E-state index in [1.54, 1.807) is 30.3 Å². The van der Waals surface area contributed by atoms with E-state index in [9.17, 15) is 27.5 Å². The zero-order chi connectivity index (χ0) is 24.7. The average Bonchev–Trinajstić information content (AvgIpc) is 2.80. The molecule has 1 amide bonds. The number of carbonyl (C=O) groups excluding carboxylic acids is 1. The van der Waals surface area contributed by atoms with Crippen molar-refractivity contribution in [2.45, 2.75) is 18.4 Å². The van der Waals surface area contributed by atoms with E-state index in [1.807, 2.05) is 6.92 Å². The van der Waals surface area contributed by atoms with Crippen molar-refractivity contribution in [3.05, 3.63) is 101 Å². The molecular formula is C24H22FN3O5S. The molecule has 3 aromatic rings. The number of amides is 1. The molecule has 8 nitrogen and oxygen atoms in total. The third-order valence-electron chi connectivity index (χ3n) is 4.87. The van der Waals surface area contributed by atoms with Gasteiger partial charge in [-0.15, -0.1) is 0 Å². The molecule has 34 heavy (non-hydrogen) atoms. The molecular weight excluding hydrogens is 461 g/mol. The van der Waals surface area contributed by atoms with Gasteiger partial charge in [0.15, 0.2) is 0 Å². The summed E-state index contributed by atoms with van der Waals surface area (Å²) in [5, 5.41) is 13.0. The van der Waals surface area contributed by atoms with Crippen molar-refractivity contribution >= 4 is 28.1 Å². The van der Waals surface area contributed by atoms with Crippen LogP contribution < -0.4 is 5.43 Å². The molecule has 0 saturated carbocycles. The summed E-state index contributed by atoms with van der Waals surface area (Å²) >= 11 is 0. The molecule has 0 unspecified atom stereocenters. The number of sulfonamides is 1. The number of benzene rings is 3. The number of rotatable bonds is 9. The lowest BCUT2D eigenvalue weighted by Crippen LogP contribution is -2.39. The minimum Gasteiger partial charge on any atom is -0.478 e. The van der Waals surface area contributed by atoms with E-state index >= 15 is 0 Å². The highest BCUT2D eigenvalue weighted by atomic mass is 32.2. The van der Waals surface area contributed by atoms with Gasteiger partial charge in [-0.1, -0.05) is 54.1 Å². The maximum absolute atomic E-state index is 14.2. The molecule has 0 radical (unpaired) electrons. The lowest BCUT2D eigenvalue weighted by molar-refractivity contribution is -0.121. The van der Waals surface area contributed by atoms with Gasteiger partial charge in [0, 0.05) is 17.7 Å². The second kappa shape index (κ2) is 10.8. The molecule has 3 rings (SSSR count). The summed E-state index contributed by atoms with van der Waals surface area (Å²) in [5.74, 6) is -2.54. The monoisotopic (exact) mass is 483 g/mol. The second-order valence-electron chi connectivity index (χ2n) is 7.36. The normalized spacial score (nSPS) is 11.6. The molecule has 2 N–H and O–H groups in total. The van der Waals surface area contributed by atoms with Crippen LogP contribution in [0.3, 0.4) is 0 Å². The molecule has 3 aromatic carbocycles. The van der Waals surface area contributed by atoms with Crippen LogP contribution in [0.25, 0.3) is 0 Å². The summed E-state index contributed by atoms with van der Waals surface area (Å²) in [7, 11) is -4.15. The van der Waals surface area contributed by atoms with Gasteiger partial charge in [0.2, 0.25) is 10.0 Å². The molecule has 0 bridgehead atoms. The van der Waals surface area contributed by atoms with Crippen LogP contribution in [0.2, 0.25) is 0 Å². The first kappa shape index (κ1) is 24.7. The van der Waals surface area contributed by atoms with Crippen molar-refractivity contribution in [2.24, 2.45) is 5.10 Å². The Kier molecular flexibility index (Phi) is 7.87. The first-order valence-electron chi connectivity index (χ1n) is 10.1. The Bertz CT molecular complexity index is 1320. The first-order chi connectivity index (χ1) is 16.2. The first-order valence-corrected chi connectivity index (χ1v) is 11.6. The van der Waals surface area contributed by atoms with Crippen LogP contribution in [0.1, 0.15) is 27.0 Å². The molecule has 176 valence electrons. The van der Waals surface area contributed by atoms with Gasteiger partial charge in [0.25, 0.3) is 5.91 Å². The minimum absolute atomic E-state index is 0.0105. The standard InChI is InChI=1S/C24H22FN3O5S/c1-17-10-12-20(13-11-17)34(32,33)28(15-19-7-3-5-9-22(19)25)16-23(29)27-26-14-18-6-2-4-8-21(18)24(30)31/h2-14H,15-16H2,1H3,(H,27,29)(H,30,31). The molecule has 0 fully saturated rings. The topological polar surface area (TPSA) is 116 Å². The summed E-state index contributed by atoms with van der Waals surface area (Å²) in [5.41, 5.74) is 3.40. The van der Waals surface area contributed by atoms with E-state index in [2.05, 4.69) is 10.5 Å². The molecule has 0 aliphatic carbocycles. The summed E-state index contributed by atoms with van der Waals surface area (Å²) in [6.45, 7) is 0.797. The van der Waals surface area contributed by atoms with Crippen LogP contribution in [0.4, 0.5) is 4.39 Å². The predicted octanol–water partition coefficient (Wildman–Crippen LogP) is 3.17. The Labute approximate surface area is 196 Å². The molecule has 0 aliphatic heterocycles. The SMILES string of the molecule is Cc1ccc(S(=O)(=O)N(CC(=O)NN=Cc2ccccc2C(=O)O)Cc2ccccc2F)cc1. The molecule has 0 atom stereocenters. The lowest BCUT2D eigenvalue weighted by Gasteiger charge is -2.22. The van der Waals surface area contributed by atoms with Gasteiger partial charge in [-0.2, -0.15) is 9.41 Å². The van der Waals surface area contributed by atoms with Crippen LogP contribution in [-0.2, 0) is 21.4 Å². The van der Waals surface area contributed by atoms with Crippen molar-refractivity contribution < 1.29 is 27.5 Å². The number of nitrogens with zero attached hydrogens (tertiary/aromatic N) is 2. The largest absolute Gasteiger partial charge is 0.478 e. The average molecular weight is 484 g/mol. The van der Waals surface area contributed by atoms with Crippen LogP contribution in [0, 0.1) is 12.7 Å². The summed E-state index contributed by atoms with van der Waals surface area (Å²) in [4.78, 5) is 23.8. The molecule has 0 saturated heterocycles. The van der Waals surface area contributed by atoms with Gasteiger partial charge in [-0.05, 0) is 31.2 Å². The highest BCUT2D eigenvalue weighted by molar-refractivity contribution is 7.89. The highest BCUT2D eigenvalue weighted by Gasteiger charge is 2.27. The van der Waals surface area contributed by atoms with Gasteiger partial charge in [0.1, 0.15) is 5.82 Å². The Morgan fingerprint density at radius 1 is 1.03 bits per heavy atom. The second-order valence-corrected chi connectivity index (χ2v) is 9.30. The van der Waals surface area contributed by atoms with Crippen molar-refractivity contribution in [3.8, 4) is 0 Å². The zero-order valence-corrected chi connectivity index (χ0v) is 19.0. The smallest absolute Gasteiger partial charge is 0.336 e. The number of carboxylic acid groups (broad SMARTS) is 1. The van der Waals surface area contributed by atoms with Crippen molar-refractivity contribution in [1.82, 2.24) is 9.73 Å². The van der Waals surface area contributed by atoms with E-state index in [-0.39, 0.29) is 28.1 Å². The highest BCUT2D eigenvalue weighted by Crippen LogP contribution is 2.20. The quantitative estimate of drug-likeness (QED) is 0.358. The number of carbonyl (C=O) groups is 2. The van der Waals surface area contributed by atoms with Crippen LogP contribution in [0.5, 0.6) is 0 Å². The number of nitrogens with one attached hydrogen (secondary N) is 1. The van der Waals surface area contributed by atoms with Gasteiger partial charge in [-0.25, -0.2) is 23.0 Å². The summed E-state index contributed by atoms with van der Waals surface area (Å²) < 4.78 is 41.5. The summed E-state index contributed by atoms with van der Waals surface area (Å²) in [6, 6.07) is 17.8. The van der Waals surface area contributed by atoms with Crippen molar-refractivity contribution in [1.29, 1.82) is 0 Å². The maximum Gasteiger partial charge on any atom is 0.336 e. The molecule has 0 aliphatic rings. The maximum atomic E-state index is 14.2. The van der Waals surface area contributed by atoms with Gasteiger partial charge >= 0.3 is 5.97 Å². The fourth-order valence-electron chi connectivity index (χ4n) is 3.08.